The monoisotopic (exact) mass is 301 g/mol. The van der Waals surface area contributed by atoms with Crippen LogP contribution in [0.4, 0.5) is 0 Å². The highest BCUT2D eigenvalue weighted by Crippen LogP contribution is 2.26. The minimum Gasteiger partial charge on any atom is -0.392 e. The Morgan fingerprint density at radius 2 is 1.65 bits per heavy atom. The Balaban J connectivity index is 1.80. The number of rotatable bonds is 3. The Hall–Kier alpha value is -2.98. The third-order valence-corrected chi connectivity index (χ3v) is 3.92. The summed E-state index contributed by atoms with van der Waals surface area (Å²) in [7, 11) is 0. The molecule has 23 heavy (non-hydrogen) atoms. The molecule has 0 atom stereocenters. The van der Waals surface area contributed by atoms with E-state index in [1.165, 1.54) is 0 Å². The van der Waals surface area contributed by atoms with Crippen molar-refractivity contribution < 1.29 is 5.11 Å². The molecule has 0 radical (unpaired) electrons. The third-order valence-electron chi connectivity index (χ3n) is 3.92. The topological polar surface area (TPSA) is 50.4 Å². The van der Waals surface area contributed by atoms with Crippen molar-refractivity contribution in [1.29, 1.82) is 0 Å². The molecule has 4 aromatic rings. The van der Waals surface area contributed by atoms with Crippen molar-refractivity contribution in [2.75, 3.05) is 0 Å². The largest absolute Gasteiger partial charge is 0.392 e. The fourth-order valence-corrected chi connectivity index (χ4v) is 2.71. The Morgan fingerprint density at radius 3 is 2.48 bits per heavy atom. The van der Waals surface area contributed by atoms with Gasteiger partial charge in [0.15, 0.2) is 5.65 Å². The van der Waals surface area contributed by atoms with E-state index in [1.807, 2.05) is 47.0 Å². The molecule has 0 spiro atoms. The zero-order valence-corrected chi connectivity index (χ0v) is 12.4. The number of fused-ring (bicyclic) bond motifs is 1. The lowest BCUT2D eigenvalue weighted by Gasteiger charge is -2.08. The van der Waals surface area contributed by atoms with Crippen LogP contribution in [0.2, 0.25) is 0 Å². The van der Waals surface area contributed by atoms with E-state index >= 15 is 0 Å². The molecule has 0 fully saturated rings. The van der Waals surface area contributed by atoms with Crippen molar-refractivity contribution in [3.05, 3.63) is 78.6 Å². The van der Waals surface area contributed by atoms with Gasteiger partial charge in [0, 0.05) is 17.8 Å². The van der Waals surface area contributed by atoms with E-state index in [2.05, 4.69) is 28.3 Å². The number of aliphatic hydroxyl groups excluding tert-OH is 1. The standard InChI is InChI=1S/C19H15N3O/c23-13-14-4-6-15(7-5-14)16-2-1-3-17(12-16)18-8-10-20-19-9-11-21-22(18)19/h1-12,23H,13H2. The van der Waals surface area contributed by atoms with Crippen LogP contribution in [0, 0.1) is 0 Å². The van der Waals surface area contributed by atoms with Crippen molar-refractivity contribution in [2.24, 2.45) is 0 Å². The second kappa shape index (κ2) is 5.66. The molecule has 0 amide bonds. The van der Waals surface area contributed by atoms with Crippen molar-refractivity contribution >= 4 is 5.65 Å². The molecule has 2 aromatic heterocycles. The lowest BCUT2D eigenvalue weighted by molar-refractivity contribution is 0.282. The molecule has 4 heteroatoms. The molecular weight excluding hydrogens is 286 g/mol. The Labute approximate surface area is 133 Å². The van der Waals surface area contributed by atoms with Crippen LogP contribution in [-0.2, 0) is 6.61 Å². The maximum Gasteiger partial charge on any atom is 0.155 e. The average molecular weight is 301 g/mol. The molecule has 2 aromatic carbocycles. The second-order valence-corrected chi connectivity index (χ2v) is 5.37. The van der Waals surface area contributed by atoms with Crippen molar-refractivity contribution in [1.82, 2.24) is 14.6 Å². The highest BCUT2D eigenvalue weighted by molar-refractivity contribution is 5.72. The molecule has 0 aliphatic heterocycles. The summed E-state index contributed by atoms with van der Waals surface area (Å²) >= 11 is 0. The molecule has 0 aliphatic rings. The van der Waals surface area contributed by atoms with Crippen LogP contribution in [0.25, 0.3) is 28.0 Å². The van der Waals surface area contributed by atoms with E-state index in [-0.39, 0.29) is 6.61 Å². The number of hydrogen-bond donors (Lipinski definition) is 1. The van der Waals surface area contributed by atoms with Gasteiger partial charge in [-0.3, -0.25) is 0 Å². The first kappa shape index (κ1) is 13.7. The van der Waals surface area contributed by atoms with Crippen LogP contribution in [0.5, 0.6) is 0 Å². The van der Waals surface area contributed by atoms with Gasteiger partial charge in [-0.15, -0.1) is 0 Å². The average Bonchev–Trinajstić information content (AvgIpc) is 3.10. The van der Waals surface area contributed by atoms with E-state index < -0.39 is 0 Å². The molecule has 0 aliphatic carbocycles. The van der Waals surface area contributed by atoms with Gasteiger partial charge in [-0.2, -0.15) is 5.10 Å². The molecule has 112 valence electrons. The van der Waals surface area contributed by atoms with Crippen LogP contribution in [0.1, 0.15) is 5.56 Å². The highest BCUT2D eigenvalue weighted by atomic mass is 16.3. The summed E-state index contributed by atoms with van der Waals surface area (Å²) in [6.07, 6.45) is 3.55. The van der Waals surface area contributed by atoms with Gasteiger partial charge >= 0.3 is 0 Å². The number of aromatic nitrogens is 3. The van der Waals surface area contributed by atoms with Crippen LogP contribution < -0.4 is 0 Å². The lowest BCUT2D eigenvalue weighted by atomic mass is 10.0. The number of hydrogen-bond acceptors (Lipinski definition) is 3. The smallest absolute Gasteiger partial charge is 0.155 e. The molecule has 0 saturated carbocycles. The zero-order valence-electron chi connectivity index (χ0n) is 12.4. The predicted octanol–water partition coefficient (Wildman–Crippen LogP) is 3.56. The number of nitrogens with zero attached hydrogens (tertiary/aromatic N) is 3. The maximum atomic E-state index is 9.16. The second-order valence-electron chi connectivity index (χ2n) is 5.37. The van der Waals surface area contributed by atoms with Crippen molar-refractivity contribution in [2.45, 2.75) is 6.61 Å². The third kappa shape index (κ3) is 2.49. The van der Waals surface area contributed by atoms with E-state index in [1.54, 1.807) is 12.4 Å². The first-order valence-corrected chi connectivity index (χ1v) is 7.44. The minimum absolute atomic E-state index is 0.0641. The summed E-state index contributed by atoms with van der Waals surface area (Å²) < 4.78 is 1.84. The zero-order chi connectivity index (χ0) is 15.6. The van der Waals surface area contributed by atoms with Crippen molar-refractivity contribution in [3.8, 4) is 22.4 Å². The van der Waals surface area contributed by atoms with E-state index in [0.29, 0.717) is 0 Å². The van der Waals surface area contributed by atoms with E-state index in [0.717, 1.165) is 33.6 Å². The molecule has 4 rings (SSSR count). The predicted molar refractivity (Wildman–Crippen MR) is 89.8 cm³/mol. The maximum absolute atomic E-state index is 9.16. The van der Waals surface area contributed by atoms with Gasteiger partial charge in [0.1, 0.15) is 0 Å². The molecule has 4 nitrogen and oxygen atoms in total. The van der Waals surface area contributed by atoms with Gasteiger partial charge in [0.05, 0.1) is 18.5 Å². The SMILES string of the molecule is OCc1ccc(-c2cccc(-c3ccnc4ccnn34)c2)cc1. The Bertz CT molecular complexity index is 958. The van der Waals surface area contributed by atoms with Gasteiger partial charge in [-0.25, -0.2) is 9.50 Å². The summed E-state index contributed by atoms with van der Waals surface area (Å²) in [5.41, 5.74) is 6.09. The fourth-order valence-electron chi connectivity index (χ4n) is 2.71. The number of aliphatic hydroxyl groups is 1. The molecule has 0 unspecified atom stereocenters. The first-order valence-electron chi connectivity index (χ1n) is 7.44. The van der Waals surface area contributed by atoms with Gasteiger partial charge in [-0.05, 0) is 28.8 Å². The normalized spacial score (nSPS) is 11.0. The molecule has 0 saturated heterocycles. The Morgan fingerprint density at radius 1 is 0.826 bits per heavy atom. The molecular formula is C19H15N3O. The van der Waals surface area contributed by atoms with E-state index in [9.17, 15) is 0 Å². The van der Waals surface area contributed by atoms with Gasteiger partial charge in [-0.1, -0.05) is 42.5 Å². The summed E-state index contributed by atoms with van der Waals surface area (Å²) in [6, 6.07) is 20.1. The lowest BCUT2D eigenvalue weighted by Crippen LogP contribution is -1.95. The van der Waals surface area contributed by atoms with Gasteiger partial charge in [0.2, 0.25) is 0 Å². The fraction of sp³-hybridized carbons (Fsp3) is 0.0526. The van der Waals surface area contributed by atoms with Gasteiger partial charge < -0.3 is 5.11 Å². The Kier molecular flexibility index (Phi) is 3.37. The van der Waals surface area contributed by atoms with Crippen LogP contribution in [0.15, 0.2) is 73.1 Å². The van der Waals surface area contributed by atoms with Gasteiger partial charge in [0.25, 0.3) is 0 Å². The van der Waals surface area contributed by atoms with Crippen molar-refractivity contribution in [3.63, 3.8) is 0 Å². The molecule has 1 N–H and O–H groups in total. The molecule has 2 heterocycles. The van der Waals surface area contributed by atoms with Crippen LogP contribution in [-0.4, -0.2) is 19.7 Å². The summed E-state index contributed by atoms with van der Waals surface area (Å²) in [5, 5.41) is 13.5. The van der Waals surface area contributed by atoms with Crippen LogP contribution >= 0.6 is 0 Å². The minimum atomic E-state index is 0.0641. The quantitative estimate of drug-likeness (QED) is 0.629. The number of benzene rings is 2. The summed E-state index contributed by atoms with van der Waals surface area (Å²) in [5.74, 6) is 0. The van der Waals surface area contributed by atoms with Crippen LogP contribution in [0.3, 0.4) is 0 Å². The highest BCUT2D eigenvalue weighted by Gasteiger charge is 2.06. The first-order chi connectivity index (χ1) is 11.3. The summed E-state index contributed by atoms with van der Waals surface area (Å²) in [6.45, 7) is 0.0641. The van der Waals surface area contributed by atoms with E-state index in [4.69, 9.17) is 5.11 Å². The summed E-state index contributed by atoms with van der Waals surface area (Å²) in [4.78, 5) is 4.30. The molecule has 0 bridgehead atoms.